The highest BCUT2D eigenvalue weighted by molar-refractivity contribution is 6.36. The van der Waals surface area contributed by atoms with Crippen molar-refractivity contribution < 1.29 is 9.53 Å². The van der Waals surface area contributed by atoms with Crippen molar-refractivity contribution in [2.75, 3.05) is 19.0 Å². The molecule has 220 valence electrons. The van der Waals surface area contributed by atoms with Gasteiger partial charge in [-0.25, -0.2) is 15.0 Å². The van der Waals surface area contributed by atoms with Crippen LogP contribution in [0.25, 0.3) is 33.4 Å². The number of halogens is 1. The molecule has 0 spiro atoms. The van der Waals surface area contributed by atoms with Crippen molar-refractivity contribution in [2.45, 2.75) is 34.2 Å². The van der Waals surface area contributed by atoms with Gasteiger partial charge in [0, 0.05) is 41.7 Å². The Hall–Kier alpha value is -4.60. The van der Waals surface area contributed by atoms with E-state index in [4.69, 9.17) is 27.1 Å². The molecule has 0 aliphatic carbocycles. The highest BCUT2D eigenvalue weighted by Crippen LogP contribution is 2.40. The maximum Gasteiger partial charge on any atom is 0.224 e. The Labute approximate surface area is 255 Å². The van der Waals surface area contributed by atoms with E-state index < -0.39 is 5.41 Å². The number of ether oxygens (including phenoxy) is 1. The molecule has 2 aromatic carbocycles. The van der Waals surface area contributed by atoms with E-state index in [1.165, 1.54) is 0 Å². The monoisotopic (exact) mass is 595 g/mol. The van der Waals surface area contributed by atoms with Gasteiger partial charge in [0.1, 0.15) is 11.3 Å². The molecule has 4 N–H and O–H groups in total. The summed E-state index contributed by atoms with van der Waals surface area (Å²) in [6.07, 6.45) is 1.73. The Morgan fingerprint density at radius 3 is 2.47 bits per heavy atom. The summed E-state index contributed by atoms with van der Waals surface area (Å²) in [5.41, 5.74) is 12.4. The zero-order valence-electron chi connectivity index (χ0n) is 24.8. The molecule has 0 fully saturated rings. The molecule has 3 heterocycles. The molecule has 0 bridgehead atoms. The van der Waals surface area contributed by atoms with Crippen LogP contribution in [0.3, 0.4) is 0 Å². The molecule has 0 unspecified atom stereocenters. The molecule has 0 saturated heterocycles. The summed E-state index contributed by atoms with van der Waals surface area (Å²) in [7, 11) is 1.58. The molecule has 10 heteroatoms. The van der Waals surface area contributed by atoms with Crippen LogP contribution in [-0.2, 0) is 11.3 Å². The average Bonchev–Trinajstić information content (AvgIpc) is 2.98. The number of primary amides is 1. The number of amides is 1. The predicted octanol–water partition coefficient (Wildman–Crippen LogP) is 6.38. The number of methoxy groups -OCH3 is 1. The second kappa shape index (κ2) is 12.3. The van der Waals surface area contributed by atoms with Gasteiger partial charge in [0.05, 0.1) is 28.8 Å². The van der Waals surface area contributed by atoms with E-state index in [1.54, 1.807) is 27.2 Å². The van der Waals surface area contributed by atoms with E-state index in [2.05, 4.69) is 25.6 Å². The van der Waals surface area contributed by atoms with Gasteiger partial charge in [-0.05, 0) is 63.1 Å². The minimum atomic E-state index is -0.669. The third kappa shape index (κ3) is 6.28. The first-order chi connectivity index (χ1) is 20.6. The quantitative estimate of drug-likeness (QED) is 0.170. The lowest BCUT2D eigenvalue weighted by atomic mass is 9.93. The minimum absolute atomic E-state index is 0.360. The van der Waals surface area contributed by atoms with Gasteiger partial charge < -0.3 is 21.1 Å². The number of carbonyl (C=O) groups is 1. The predicted molar refractivity (Wildman–Crippen MR) is 171 cm³/mol. The van der Waals surface area contributed by atoms with Crippen LogP contribution in [-0.4, -0.2) is 39.5 Å². The number of hydrogen-bond acceptors (Lipinski definition) is 8. The normalized spacial score (nSPS) is 11.5. The number of carbonyl (C=O) groups excluding carboxylic acids is 1. The summed E-state index contributed by atoms with van der Waals surface area (Å²) in [5, 5.41) is 7.32. The third-order valence-corrected chi connectivity index (χ3v) is 7.81. The van der Waals surface area contributed by atoms with Gasteiger partial charge in [0.25, 0.3) is 0 Å². The first-order valence-corrected chi connectivity index (χ1v) is 14.3. The molecule has 5 rings (SSSR count). The van der Waals surface area contributed by atoms with Crippen molar-refractivity contribution in [1.29, 1.82) is 0 Å². The molecular weight excluding hydrogens is 562 g/mol. The number of benzene rings is 2. The molecule has 0 aliphatic heterocycles. The SMILES string of the molecule is COc1nc(-c2cccc(-c3cccc(Nc4nc(C)nc5cccnc45)c3C)c2Cl)ccc1CNCC(C)(C)C(N)=O. The first-order valence-electron chi connectivity index (χ1n) is 13.9. The van der Waals surface area contributed by atoms with Gasteiger partial charge in [-0.2, -0.15) is 0 Å². The number of rotatable bonds is 10. The first kappa shape index (κ1) is 29.9. The maximum absolute atomic E-state index is 11.7. The Morgan fingerprint density at radius 1 is 0.953 bits per heavy atom. The molecule has 0 saturated carbocycles. The summed E-state index contributed by atoms with van der Waals surface area (Å²) in [6.45, 7) is 8.42. The van der Waals surface area contributed by atoms with Gasteiger partial charge >= 0.3 is 0 Å². The van der Waals surface area contributed by atoms with Crippen LogP contribution in [0.4, 0.5) is 11.5 Å². The highest BCUT2D eigenvalue weighted by Gasteiger charge is 2.24. The fraction of sp³-hybridized carbons (Fsp3) is 0.242. The van der Waals surface area contributed by atoms with E-state index >= 15 is 0 Å². The number of pyridine rings is 2. The van der Waals surface area contributed by atoms with Crippen LogP contribution in [0, 0.1) is 19.3 Å². The zero-order chi connectivity index (χ0) is 30.7. The standard InChI is InChI=1S/C33H34ClN7O2/c1-19-22(9-7-12-25(19)40-30-29-27(13-8-16-37-29)38-20(2)39-30)23-10-6-11-24(28(23)34)26-15-14-21(31(41-26)43-5)17-36-18-33(3,4)32(35)42/h6-16,36H,17-18H2,1-5H3,(H2,35,42)(H,38,39,40). The van der Waals surface area contributed by atoms with Crippen LogP contribution in [0.5, 0.6) is 5.88 Å². The molecule has 0 aliphatic rings. The molecular formula is C33H34ClN7O2. The lowest BCUT2D eigenvalue weighted by Crippen LogP contribution is -2.40. The van der Waals surface area contributed by atoms with Crippen molar-refractivity contribution in [2.24, 2.45) is 11.1 Å². The molecule has 0 atom stereocenters. The Bertz CT molecular complexity index is 1820. The number of nitrogens with two attached hydrogens (primary N) is 1. The lowest BCUT2D eigenvalue weighted by molar-refractivity contribution is -0.125. The van der Waals surface area contributed by atoms with E-state index in [0.717, 1.165) is 39.0 Å². The molecule has 0 radical (unpaired) electrons. The average molecular weight is 596 g/mol. The van der Waals surface area contributed by atoms with Crippen molar-refractivity contribution in [1.82, 2.24) is 25.3 Å². The van der Waals surface area contributed by atoms with Crippen molar-refractivity contribution in [3.8, 4) is 28.3 Å². The van der Waals surface area contributed by atoms with Crippen LogP contribution in [0.1, 0.15) is 30.8 Å². The minimum Gasteiger partial charge on any atom is -0.481 e. The Kier molecular flexibility index (Phi) is 8.57. The van der Waals surface area contributed by atoms with Gasteiger partial charge in [0.2, 0.25) is 11.8 Å². The van der Waals surface area contributed by atoms with Crippen LogP contribution >= 0.6 is 11.6 Å². The number of aromatic nitrogens is 4. The Balaban J connectivity index is 1.45. The second-order valence-corrected chi connectivity index (χ2v) is 11.4. The van der Waals surface area contributed by atoms with Crippen LogP contribution in [0.2, 0.25) is 5.02 Å². The maximum atomic E-state index is 11.7. The summed E-state index contributed by atoms with van der Waals surface area (Å²) < 4.78 is 5.61. The number of nitrogens with zero attached hydrogens (tertiary/aromatic N) is 4. The number of anilines is 2. The summed E-state index contributed by atoms with van der Waals surface area (Å²) in [5.74, 6) is 1.42. The van der Waals surface area contributed by atoms with Gasteiger partial charge in [-0.1, -0.05) is 48.0 Å². The van der Waals surface area contributed by atoms with E-state index in [0.29, 0.717) is 46.8 Å². The highest BCUT2D eigenvalue weighted by atomic mass is 35.5. The zero-order valence-corrected chi connectivity index (χ0v) is 25.6. The fourth-order valence-electron chi connectivity index (χ4n) is 4.83. The number of nitrogens with one attached hydrogen (secondary N) is 2. The summed E-state index contributed by atoms with van der Waals surface area (Å²) in [4.78, 5) is 30.0. The van der Waals surface area contributed by atoms with E-state index in [9.17, 15) is 4.79 Å². The second-order valence-electron chi connectivity index (χ2n) is 11.0. The number of fused-ring (bicyclic) bond motifs is 1. The third-order valence-electron chi connectivity index (χ3n) is 7.40. The number of aryl methyl sites for hydroxylation is 1. The Morgan fingerprint density at radius 2 is 1.70 bits per heavy atom. The van der Waals surface area contributed by atoms with Crippen molar-refractivity contribution in [3.05, 3.63) is 88.8 Å². The molecule has 5 aromatic rings. The van der Waals surface area contributed by atoms with Gasteiger partial charge in [0.15, 0.2) is 5.82 Å². The van der Waals surface area contributed by atoms with Gasteiger partial charge in [-0.15, -0.1) is 0 Å². The van der Waals surface area contributed by atoms with Crippen LogP contribution in [0.15, 0.2) is 66.9 Å². The topological polar surface area (TPSA) is 128 Å². The largest absolute Gasteiger partial charge is 0.481 e. The molecule has 1 amide bonds. The van der Waals surface area contributed by atoms with Gasteiger partial charge in [-0.3, -0.25) is 9.78 Å². The number of hydrogen-bond donors (Lipinski definition) is 3. The smallest absolute Gasteiger partial charge is 0.224 e. The van der Waals surface area contributed by atoms with Crippen molar-refractivity contribution >= 4 is 40.0 Å². The fourth-order valence-corrected chi connectivity index (χ4v) is 5.15. The lowest BCUT2D eigenvalue weighted by Gasteiger charge is -2.21. The summed E-state index contributed by atoms with van der Waals surface area (Å²) in [6, 6.07) is 19.6. The van der Waals surface area contributed by atoms with Crippen LogP contribution < -0.4 is 21.1 Å². The molecule has 9 nitrogen and oxygen atoms in total. The van der Waals surface area contributed by atoms with Crippen molar-refractivity contribution in [3.63, 3.8) is 0 Å². The molecule has 3 aromatic heterocycles. The van der Waals surface area contributed by atoms with E-state index in [1.807, 2.05) is 74.5 Å². The van der Waals surface area contributed by atoms with E-state index in [-0.39, 0.29) is 5.91 Å². The summed E-state index contributed by atoms with van der Waals surface area (Å²) >= 11 is 7.07. The molecule has 43 heavy (non-hydrogen) atoms.